The van der Waals surface area contributed by atoms with Gasteiger partial charge in [0.2, 0.25) is 0 Å². The molecule has 0 atom stereocenters. The van der Waals surface area contributed by atoms with Gasteiger partial charge >= 0.3 is 6.18 Å². The number of halogens is 4. The zero-order chi connectivity index (χ0) is 20.8. The molecular weight excluding hydrogens is 406 g/mol. The summed E-state index contributed by atoms with van der Waals surface area (Å²) in [5.41, 5.74) is 1.56. The number of aromatic amines is 1. The predicted octanol–water partition coefficient (Wildman–Crippen LogP) is 5.46. The van der Waals surface area contributed by atoms with Crippen molar-refractivity contribution in [1.82, 2.24) is 14.5 Å². The fraction of sp³-hybridized carbons (Fsp3) is 0.250. The summed E-state index contributed by atoms with van der Waals surface area (Å²) in [6.07, 6.45) is 0.170. The fourth-order valence-electron chi connectivity index (χ4n) is 3.47. The number of aromatic nitrogens is 2. The molecule has 2 heterocycles. The average molecular weight is 423 g/mol. The largest absolute Gasteiger partial charge is 0.505 e. The molecule has 4 rings (SSSR count). The summed E-state index contributed by atoms with van der Waals surface area (Å²) < 4.78 is 55.2. The number of nitrogens with one attached hydrogen (secondary N) is 1. The molecule has 2 aromatic carbocycles. The number of aromatic hydroxyl groups is 1. The highest BCUT2D eigenvalue weighted by Crippen LogP contribution is 2.39. The second-order valence-corrected chi connectivity index (χ2v) is 7.62. The van der Waals surface area contributed by atoms with Gasteiger partial charge in [0, 0.05) is 24.0 Å². The van der Waals surface area contributed by atoms with Crippen LogP contribution in [0.15, 0.2) is 36.4 Å². The van der Waals surface area contributed by atoms with Crippen molar-refractivity contribution in [3.05, 3.63) is 53.4 Å². The number of hydrogen-bond donors (Lipinski definition) is 2. The van der Waals surface area contributed by atoms with Gasteiger partial charge < -0.3 is 5.11 Å². The van der Waals surface area contributed by atoms with E-state index in [1.54, 1.807) is 18.0 Å². The maximum Gasteiger partial charge on any atom is 0.419 e. The first-order chi connectivity index (χ1) is 13.8. The maximum atomic E-state index is 13.7. The van der Waals surface area contributed by atoms with E-state index < -0.39 is 23.3 Å². The van der Waals surface area contributed by atoms with Crippen LogP contribution in [0.2, 0.25) is 0 Å². The Morgan fingerprint density at radius 3 is 2.62 bits per heavy atom. The SMILES string of the molecule is CSN1CC=C(c2ccc3c(-c4cc(O)c(F)c(C(F)(F)F)c4)n[nH]c3c2)CC1. The Balaban J connectivity index is 1.74. The van der Waals surface area contributed by atoms with E-state index in [-0.39, 0.29) is 11.3 Å². The highest BCUT2D eigenvalue weighted by molar-refractivity contribution is 7.96. The van der Waals surface area contributed by atoms with Crippen LogP contribution in [0.1, 0.15) is 17.5 Å². The molecule has 0 aliphatic carbocycles. The third-order valence-electron chi connectivity index (χ3n) is 5.00. The van der Waals surface area contributed by atoms with Gasteiger partial charge in [0.25, 0.3) is 0 Å². The molecule has 0 bridgehead atoms. The summed E-state index contributed by atoms with van der Waals surface area (Å²) in [5, 5.41) is 17.2. The molecule has 29 heavy (non-hydrogen) atoms. The number of benzene rings is 2. The Morgan fingerprint density at radius 2 is 1.97 bits per heavy atom. The number of phenols is 1. The van der Waals surface area contributed by atoms with E-state index in [1.807, 2.05) is 18.4 Å². The van der Waals surface area contributed by atoms with E-state index in [9.17, 15) is 22.7 Å². The summed E-state index contributed by atoms with van der Waals surface area (Å²) in [7, 11) is 0. The molecule has 0 fully saturated rings. The van der Waals surface area contributed by atoms with Crippen LogP contribution in [-0.2, 0) is 6.18 Å². The number of rotatable bonds is 3. The van der Waals surface area contributed by atoms with Crippen LogP contribution in [-0.4, -0.2) is 39.0 Å². The Hall–Kier alpha value is -2.52. The zero-order valence-electron chi connectivity index (χ0n) is 15.3. The fourth-order valence-corrected chi connectivity index (χ4v) is 3.97. The first-order valence-corrected chi connectivity index (χ1v) is 10.0. The number of fused-ring (bicyclic) bond motifs is 1. The molecule has 1 aromatic heterocycles. The van der Waals surface area contributed by atoms with E-state index in [2.05, 4.69) is 20.6 Å². The first kappa shape index (κ1) is 19.8. The summed E-state index contributed by atoms with van der Waals surface area (Å²) >= 11 is 1.70. The van der Waals surface area contributed by atoms with Crippen molar-refractivity contribution in [1.29, 1.82) is 0 Å². The standard InChI is InChI=1S/C20H17F4N3OS/c1-29-27-6-4-11(5-7-27)12-2-3-14-16(9-12)25-26-19(14)13-8-15(20(22,23)24)18(21)17(28)10-13/h2-4,8-10,28H,5-7H2,1H3,(H,25,26). The van der Waals surface area contributed by atoms with Gasteiger partial charge in [0.1, 0.15) is 5.69 Å². The van der Waals surface area contributed by atoms with Crippen LogP contribution in [0.4, 0.5) is 17.6 Å². The molecular formula is C20H17F4N3OS. The van der Waals surface area contributed by atoms with E-state index in [0.29, 0.717) is 17.0 Å². The lowest BCUT2D eigenvalue weighted by atomic mass is 9.97. The van der Waals surface area contributed by atoms with Gasteiger partial charge in [-0.1, -0.05) is 24.1 Å². The van der Waals surface area contributed by atoms with Crippen molar-refractivity contribution < 1.29 is 22.7 Å². The third-order valence-corrected chi connectivity index (χ3v) is 5.84. The number of nitrogens with zero attached hydrogens (tertiary/aromatic N) is 2. The van der Waals surface area contributed by atoms with Gasteiger partial charge in [-0.05, 0) is 48.1 Å². The summed E-state index contributed by atoms with van der Waals surface area (Å²) in [5.74, 6) is -2.75. The van der Waals surface area contributed by atoms with Crippen molar-refractivity contribution >= 4 is 28.4 Å². The van der Waals surface area contributed by atoms with E-state index in [1.165, 1.54) is 5.57 Å². The Kier molecular flexibility index (Phi) is 5.04. The van der Waals surface area contributed by atoms with Crippen molar-refractivity contribution in [3.8, 4) is 17.0 Å². The van der Waals surface area contributed by atoms with Crippen LogP contribution < -0.4 is 0 Å². The number of alkyl halides is 3. The predicted molar refractivity (Wildman–Crippen MR) is 106 cm³/mol. The molecule has 0 radical (unpaired) electrons. The van der Waals surface area contributed by atoms with Crippen molar-refractivity contribution in [2.45, 2.75) is 12.6 Å². The van der Waals surface area contributed by atoms with Crippen LogP contribution >= 0.6 is 11.9 Å². The Morgan fingerprint density at radius 1 is 1.17 bits per heavy atom. The average Bonchev–Trinajstić information content (AvgIpc) is 3.12. The summed E-state index contributed by atoms with van der Waals surface area (Å²) in [4.78, 5) is 0. The molecule has 152 valence electrons. The maximum absolute atomic E-state index is 13.7. The van der Waals surface area contributed by atoms with E-state index in [0.717, 1.165) is 31.1 Å². The summed E-state index contributed by atoms with van der Waals surface area (Å²) in [6.45, 7) is 1.78. The van der Waals surface area contributed by atoms with Crippen molar-refractivity contribution in [3.63, 3.8) is 0 Å². The van der Waals surface area contributed by atoms with Gasteiger partial charge in [0.15, 0.2) is 11.6 Å². The lowest BCUT2D eigenvalue weighted by Crippen LogP contribution is -2.21. The molecule has 3 aromatic rings. The van der Waals surface area contributed by atoms with Gasteiger partial charge in [0.05, 0.1) is 11.1 Å². The van der Waals surface area contributed by atoms with Gasteiger partial charge in [-0.15, -0.1) is 0 Å². The van der Waals surface area contributed by atoms with Crippen LogP contribution in [0.3, 0.4) is 0 Å². The van der Waals surface area contributed by atoms with E-state index >= 15 is 0 Å². The minimum absolute atomic E-state index is 0.0114. The third kappa shape index (κ3) is 3.72. The normalized spacial score (nSPS) is 15.7. The molecule has 4 nitrogen and oxygen atoms in total. The number of phenolic OH excluding ortho intramolecular Hbond substituents is 1. The number of H-pyrrole nitrogens is 1. The molecule has 0 saturated heterocycles. The minimum atomic E-state index is -4.92. The molecule has 9 heteroatoms. The lowest BCUT2D eigenvalue weighted by molar-refractivity contribution is -0.140. The van der Waals surface area contributed by atoms with Crippen molar-refractivity contribution in [2.75, 3.05) is 19.3 Å². The topological polar surface area (TPSA) is 52.1 Å². The van der Waals surface area contributed by atoms with Gasteiger partial charge in [-0.25, -0.2) is 8.70 Å². The molecule has 2 N–H and O–H groups in total. The molecule has 0 amide bonds. The second kappa shape index (κ2) is 7.38. The van der Waals surface area contributed by atoms with Crippen LogP contribution in [0, 0.1) is 5.82 Å². The second-order valence-electron chi connectivity index (χ2n) is 6.74. The first-order valence-electron chi connectivity index (χ1n) is 8.84. The number of hydrogen-bond acceptors (Lipinski definition) is 4. The van der Waals surface area contributed by atoms with E-state index in [4.69, 9.17) is 0 Å². The smallest absolute Gasteiger partial charge is 0.419 e. The Labute approximate surface area is 168 Å². The minimum Gasteiger partial charge on any atom is -0.505 e. The highest BCUT2D eigenvalue weighted by atomic mass is 32.2. The van der Waals surface area contributed by atoms with Crippen LogP contribution in [0.5, 0.6) is 5.75 Å². The quantitative estimate of drug-likeness (QED) is 0.434. The highest BCUT2D eigenvalue weighted by Gasteiger charge is 2.36. The molecule has 1 aliphatic rings. The molecule has 0 saturated carbocycles. The lowest BCUT2D eigenvalue weighted by Gasteiger charge is -2.23. The molecule has 0 spiro atoms. The zero-order valence-corrected chi connectivity index (χ0v) is 16.2. The van der Waals surface area contributed by atoms with Crippen LogP contribution in [0.25, 0.3) is 27.7 Å². The van der Waals surface area contributed by atoms with Gasteiger partial charge in [-0.2, -0.15) is 18.3 Å². The Bertz CT molecular complexity index is 1110. The monoisotopic (exact) mass is 423 g/mol. The van der Waals surface area contributed by atoms with Gasteiger partial charge in [-0.3, -0.25) is 5.10 Å². The van der Waals surface area contributed by atoms with Crippen molar-refractivity contribution in [2.24, 2.45) is 0 Å². The summed E-state index contributed by atoms with van der Waals surface area (Å²) in [6, 6.07) is 7.20. The molecule has 1 aliphatic heterocycles. The molecule has 0 unspecified atom stereocenters.